The maximum Gasteiger partial charge on any atom is 0.311 e. The molecular weight excluding hydrogens is 250 g/mol. The number of nitrogens with zero attached hydrogens (tertiary/aromatic N) is 1. The molecule has 0 aromatic carbocycles. The fourth-order valence-corrected chi connectivity index (χ4v) is 2.17. The minimum absolute atomic E-state index is 0.135. The lowest BCUT2D eigenvalue weighted by Crippen LogP contribution is -2.44. The largest absolute Gasteiger partial charge is 0.481 e. The molecule has 0 aliphatic carbocycles. The van der Waals surface area contributed by atoms with E-state index < -0.39 is 17.9 Å². The molecule has 1 aromatic rings. The van der Waals surface area contributed by atoms with Gasteiger partial charge in [-0.1, -0.05) is 6.92 Å². The van der Waals surface area contributed by atoms with Crippen LogP contribution < -0.4 is 0 Å². The molecule has 0 saturated carbocycles. The Morgan fingerprint density at radius 3 is 2.74 bits per heavy atom. The second-order valence-electron chi connectivity index (χ2n) is 4.59. The number of carbonyl (C=O) groups is 2. The van der Waals surface area contributed by atoms with E-state index in [0.717, 1.165) is 5.76 Å². The number of carboxylic acid groups (broad SMARTS) is 1. The van der Waals surface area contributed by atoms with Gasteiger partial charge in [0.2, 0.25) is 0 Å². The van der Waals surface area contributed by atoms with Gasteiger partial charge in [-0.2, -0.15) is 0 Å². The first-order chi connectivity index (χ1) is 9.04. The van der Waals surface area contributed by atoms with Gasteiger partial charge in [0.15, 0.2) is 5.76 Å². The van der Waals surface area contributed by atoms with E-state index in [-0.39, 0.29) is 24.9 Å². The monoisotopic (exact) mass is 267 g/mol. The van der Waals surface area contributed by atoms with Crippen LogP contribution in [0.15, 0.2) is 16.5 Å². The number of amides is 1. The van der Waals surface area contributed by atoms with E-state index in [9.17, 15) is 9.59 Å². The molecule has 1 aromatic heterocycles. The van der Waals surface area contributed by atoms with Gasteiger partial charge in [0.25, 0.3) is 5.91 Å². The first-order valence-electron chi connectivity index (χ1n) is 6.21. The van der Waals surface area contributed by atoms with Crippen molar-refractivity contribution < 1.29 is 23.8 Å². The highest BCUT2D eigenvalue weighted by atomic mass is 16.5. The number of carbonyl (C=O) groups excluding carboxylic acids is 1. The Labute approximate surface area is 110 Å². The second-order valence-corrected chi connectivity index (χ2v) is 4.59. The van der Waals surface area contributed by atoms with Crippen LogP contribution in [0.5, 0.6) is 0 Å². The highest BCUT2D eigenvalue weighted by Gasteiger charge is 2.39. The molecule has 0 spiro atoms. The van der Waals surface area contributed by atoms with Crippen LogP contribution in [0.3, 0.4) is 0 Å². The molecular formula is C13H17NO5. The van der Waals surface area contributed by atoms with Crippen LogP contribution in [0, 0.1) is 5.92 Å². The zero-order valence-corrected chi connectivity index (χ0v) is 11.0. The molecule has 1 N–H and O–H groups in total. The molecule has 1 saturated heterocycles. The van der Waals surface area contributed by atoms with E-state index in [1.807, 2.05) is 6.92 Å². The Morgan fingerprint density at radius 1 is 1.42 bits per heavy atom. The maximum atomic E-state index is 12.2. The van der Waals surface area contributed by atoms with Crippen molar-refractivity contribution in [3.8, 4) is 0 Å². The fraction of sp³-hybridized carbons (Fsp3) is 0.538. The van der Waals surface area contributed by atoms with Crippen LogP contribution in [-0.4, -0.2) is 48.2 Å². The lowest BCUT2D eigenvalue weighted by molar-refractivity contribution is -0.142. The topological polar surface area (TPSA) is 80.0 Å². The molecule has 1 amide bonds. The van der Waals surface area contributed by atoms with Gasteiger partial charge in [0, 0.05) is 13.5 Å². The molecule has 1 aliphatic rings. The maximum absolute atomic E-state index is 12.2. The van der Waals surface area contributed by atoms with Gasteiger partial charge in [-0.25, -0.2) is 0 Å². The van der Waals surface area contributed by atoms with Gasteiger partial charge < -0.3 is 19.2 Å². The van der Waals surface area contributed by atoms with Crippen molar-refractivity contribution in [1.82, 2.24) is 4.90 Å². The zero-order chi connectivity index (χ0) is 14.0. The highest BCUT2D eigenvalue weighted by Crippen LogP contribution is 2.21. The lowest BCUT2D eigenvalue weighted by Gasteiger charge is -2.25. The molecule has 0 bridgehead atoms. The van der Waals surface area contributed by atoms with Crippen LogP contribution in [-0.2, 0) is 16.0 Å². The van der Waals surface area contributed by atoms with Gasteiger partial charge in [0.1, 0.15) is 11.7 Å². The first kappa shape index (κ1) is 13.6. The highest BCUT2D eigenvalue weighted by molar-refractivity contribution is 5.92. The Morgan fingerprint density at radius 2 is 2.16 bits per heavy atom. The summed E-state index contributed by atoms with van der Waals surface area (Å²) in [4.78, 5) is 24.7. The molecule has 6 nitrogen and oxygen atoms in total. The summed E-state index contributed by atoms with van der Waals surface area (Å²) >= 11 is 0. The van der Waals surface area contributed by atoms with E-state index in [4.69, 9.17) is 14.3 Å². The number of hydrogen-bond acceptors (Lipinski definition) is 4. The summed E-state index contributed by atoms with van der Waals surface area (Å²) in [6.07, 6.45) is 0.710. The quantitative estimate of drug-likeness (QED) is 0.880. The van der Waals surface area contributed by atoms with Crippen LogP contribution in [0.25, 0.3) is 0 Å². The molecule has 0 radical (unpaired) electrons. The van der Waals surface area contributed by atoms with Crippen LogP contribution in [0.2, 0.25) is 0 Å². The standard InChI is InChI=1S/C13H17NO5/c1-3-8-4-5-11(19-8)12(15)14(2)10-7-18-6-9(10)13(16)17/h4-5,9-10H,3,6-7H2,1-2H3,(H,16,17). The molecule has 1 aliphatic heterocycles. The zero-order valence-electron chi connectivity index (χ0n) is 11.0. The van der Waals surface area contributed by atoms with Crippen molar-refractivity contribution in [3.63, 3.8) is 0 Å². The van der Waals surface area contributed by atoms with Crippen molar-refractivity contribution in [2.24, 2.45) is 5.92 Å². The van der Waals surface area contributed by atoms with Crippen molar-refractivity contribution >= 4 is 11.9 Å². The summed E-state index contributed by atoms with van der Waals surface area (Å²) in [5, 5.41) is 9.09. The summed E-state index contributed by atoms with van der Waals surface area (Å²) in [5.74, 6) is -0.989. The number of aryl methyl sites for hydroxylation is 1. The summed E-state index contributed by atoms with van der Waals surface area (Å²) in [5.41, 5.74) is 0. The molecule has 2 atom stereocenters. The number of carboxylic acids is 1. The fourth-order valence-electron chi connectivity index (χ4n) is 2.17. The minimum Gasteiger partial charge on any atom is -0.481 e. The van der Waals surface area contributed by atoms with Crippen molar-refractivity contribution in [1.29, 1.82) is 0 Å². The van der Waals surface area contributed by atoms with Gasteiger partial charge in [0.05, 0.1) is 19.3 Å². The third-order valence-corrected chi connectivity index (χ3v) is 3.41. The van der Waals surface area contributed by atoms with E-state index in [1.54, 1.807) is 19.2 Å². The third kappa shape index (κ3) is 2.63. The van der Waals surface area contributed by atoms with Crippen molar-refractivity contribution in [2.45, 2.75) is 19.4 Å². The molecule has 19 heavy (non-hydrogen) atoms. The van der Waals surface area contributed by atoms with E-state index in [1.165, 1.54) is 4.90 Å². The Kier molecular flexibility index (Phi) is 3.90. The van der Waals surface area contributed by atoms with Gasteiger partial charge in [-0.3, -0.25) is 9.59 Å². The summed E-state index contributed by atoms with van der Waals surface area (Å²) in [6, 6.07) is 2.91. The van der Waals surface area contributed by atoms with Crippen molar-refractivity contribution in [3.05, 3.63) is 23.7 Å². The number of aliphatic carboxylic acids is 1. The minimum atomic E-state index is -0.948. The second kappa shape index (κ2) is 5.44. The number of hydrogen-bond donors (Lipinski definition) is 1. The van der Waals surface area contributed by atoms with Crippen molar-refractivity contribution in [2.75, 3.05) is 20.3 Å². The average Bonchev–Trinajstić information content (AvgIpc) is 3.05. The van der Waals surface area contributed by atoms with E-state index >= 15 is 0 Å². The number of furan rings is 1. The predicted octanol–water partition coefficient (Wildman–Crippen LogP) is 1.01. The van der Waals surface area contributed by atoms with Gasteiger partial charge in [-0.15, -0.1) is 0 Å². The van der Waals surface area contributed by atoms with Crippen LogP contribution >= 0.6 is 0 Å². The van der Waals surface area contributed by atoms with Crippen LogP contribution in [0.1, 0.15) is 23.2 Å². The predicted molar refractivity (Wildman–Crippen MR) is 65.9 cm³/mol. The molecule has 2 unspecified atom stereocenters. The normalized spacial score (nSPS) is 22.4. The summed E-state index contributed by atoms with van der Waals surface area (Å²) in [6.45, 7) is 2.30. The first-order valence-corrected chi connectivity index (χ1v) is 6.21. The van der Waals surface area contributed by atoms with Crippen LogP contribution in [0.4, 0.5) is 0 Å². The molecule has 104 valence electrons. The SMILES string of the molecule is CCc1ccc(C(=O)N(C)C2COCC2C(=O)O)o1. The molecule has 6 heteroatoms. The molecule has 1 fully saturated rings. The summed E-state index contributed by atoms with van der Waals surface area (Å²) < 4.78 is 10.6. The number of likely N-dealkylation sites (N-methyl/N-ethyl adjacent to an activating group) is 1. The average molecular weight is 267 g/mol. The lowest BCUT2D eigenvalue weighted by atomic mass is 10.0. The molecule has 2 rings (SSSR count). The van der Waals surface area contributed by atoms with E-state index in [0.29, 0.717) is 6.42 Å². The summed E-state index contributed by atoms with van der Waals surface area (Å²) in [7, 11) is 1.58. The Bertz CT molecular complexity index is 481. The number of ether oxygens (including phenoxy) is 1. The van der Waals surface area contributed by atoms with Gasteiger partial charge in [-0.05, 0) is 12.1 Å². The van der Waals surface area contributed by atoms with Gasteiger partial charge >= 0.3 is 5.97 Å². The Hall–Kier alpha value is -1.82. The molecule has 2 heterocycles. The smallest absolute Gasteiger partial charge is 0.311 e. The number of rotatable bonds is 4. The third-order valence-electron chi connectivity index (χ3n) is 3.41. The Balaban J connectivity index is 2.12. The van der Waals surface area contributed by atoms with E-state index in [2.05, 4.69) is 0 Å².